The second-order valence-corrected chi connectivity index (χ2v) is 6.06. The van der Waals surface area contributed by atoms with Crippen LogP contribution in [0.2, 0.25) is 0 Å². The first-order valence-electron chi connectivity index (χ1n) is 8.98. The van der Waals surface area contributed by atoms with E-state index in [-0.39, 0.29) is 5.91 Å². The summed E-state index contributed by atoms with van der Waals surface area (Å²) >= 11 is 0. The predicted molar refractivity (Wildman–Crippen MR) is 103 cm³/mol. The summed E-state index contributed by atoms with van der Waals surface area (Å²) in [5, 5.41) is 11.8. The zero-order valence-corrected chi connectivity index (χ0v) is 15.6. The first-order chi connectivity index (χ1) is 13.0. The van der Waals surface area contributed by atoms with Crippen molar-refractivity contribution in [2.75, 3.05) is 18.5 Å². The SMILES string of the molecule is CCOc1ccccc1OCCCC(=O)Nc1ccc(C(C)C(=O)O)cc1. The fraction of sp³-hybridized carbons (Fsp3) is 0.333. The van der Waals surface area contributed by atoms with Crippen LogP contribution in [0.1, 0.15) is 38.2 Å². The van der Waals surface area contributed by atoms with Crippen molar-refractivity contribution in [3.63, 3.8) is 0 Å². The number of benzene rings is 2. The molecule has 0 saturated carbocycles. The van der Waals surface area contributed by atoms with Crippen molar-refractivity contribution in [3.8, 4) is 11.5 Å². The lowest BCUT2D eigenvalue weighted by atomic mass is 10.0. The third-order valence-corrected chi connectivity index (χ3v) is 4.02. The van der Waals surface area contributed by atoms with Crippen LogP contribution in [0.15, 0.2) is 48.5 Å². The largest absolute Gasteiger partial charge is 0.490 e. The number of aliphatic carboxylic acids is 1. The average Bonchev–Trinajstić information content (AvgIpc) is 2.66. The van der Waals surface area contributed by atoms with Crippen LogP contribution >= 0.6 is 0 Å². The van der Waals surface area contributed by atoms with E-state index in [2.05, 4.69) is 5.32 Å². The number of nitrogens with one attached hydrogen (secondary N) is 1. The minimum Gasteiger partial charge on any atom is -0.490 e. The van der Waals surface area contributed by atoms with E-state index in [0.717, 1.165) is 0 Å². The van der Waals surface area contributed by atoms with Crippen LogP contribution in [0.3, 0.4) is 0 Å². The zero-order chi connectivity index (χ0) is 19.6. The summed E-state index contributed by atoms with van der Waals surface area (Å²) in [7, 11) is 0. The molecule has 1 atom stereocenters. The molecule has 2 aromatic carbocycles. The van der Waals surface area contributed by atoms with Crippen molar-refractivity contribution in [2.24, 2.45) is 0 Å². The molecule has 0 aliphatic carbocycles. The van der Waals surface area contributed by atoms with Gasteiger partial charge < -0.3 is 19.9 Å². The fourth-order valence-electron chi connectivity index (χ4n) is 2.48. The summed E-state index contributed by atoms with van der Waals surface area (Å²) in [4.78, 5) is 23.0. The number of carbonyl (C=O) groups is 2. The molecule has 6 heteroatoms. The standard InChI is InChI=1S/C21H25NO5/c1-3-26-18-7-4-5-8-19(18)27-14-6-9-20(23)22-17-12-10-16(11-13-17)15(2)21(24)25/h4-5,7-8,10-13,15H,3,6,9,14H2,1-2H3,(H,22,23)(H,24,25). The van der Waals surface area contributed by atoms with E-state index < -0.39 is 11.9 Å². The van der Waals surface area contributed by atoms with Crippen molar-refractivity contribution in [1.29, 1.82) is 0 Å². The number of carboxylic acids is 1. The van der Waals surface area contributed by atoms with Gasteiger partial charge in [-0.05, 0) is 50.1 Å². The van der Waals surface area contributed by atoms with Crippen LogP contribution in [0, 0.1) is 0 Å². The highest BCUT2D eigenvalue weighted by Crippen LogP contribution is 2.26. The number of rotatable bonds is 10. The Morgan fingerprint density at radius 1 is 1.04 bits per heavy atom. The zero-order valence-electron chi connectivity index (χ0n) is 15.6. The van der Waals surface area contributed by atoms with Gasteiger partial charge in [-0.25, -0.2) is 0 Å². The Bertz CT molecular complexity index is 757. The Morgan fingerprint density at radius 2 is 1.67 bits per heavy atom. The summed E-state index contributed by atoms with van der Waals surface area (Å²) in [5.41, 5.74) is 1.34. The topological polar surface area (TPSA) is 84.9 Å². The molecule has 0 aliphatic heterocycles. The van der Waals surface area contributed by atoms with Crippen LogP contribution in [0.4, 0.5) is 5.69 Å². The molecule has 0 radical (unpaired) electrons. The summed E-state index contributed by atoms with van der Waals surface area (Å²) in [6.07, 6.45) is 0.893. The summed E-state index contributed by atoms with van der Waals surface area (Å²) in [6, 6.07) is 14.3. The normalized spacial score (nSPS) is 11.5. The third-order valence-electron chi connectivity index (χ3n) is 4.02. The van der Waals surface area contributed by atoms with E-state index in [1.165, 1.54) is 0 Å². The first-order valence-corrected chi connectivity index (χ1v) is 8.98. The Labute approximate surface area is 159 Å². The van der Waals surface area contributed by atoms with Gasteiger partial charge in [0, 0.05) is 12.1 Å². The van der Waals surface area contributed by atoms with Gasteiger partial charge >= 0.3 is 5.97 Å². The number of carbonyl (C=O) groups excluding carboxylic acids is 1. The maximum Gasteiger partial charge on any atom is 0.310 e. The van der Waals surface area contributed by atoms with Crippen LogP contribution < -0.4 is 14.8 Å². The van der Waals surface area contributed by atoms with Gasteiger partial charge in [-0.3, -0.25) is 9.59 Å². The predicted octanol–water partition coefficient (Wildman–Crippen LogP) is 4.07. The van der Waals surface area contributed by atoms with Gasteiger partial charge in [-0.1, -0.05) is 24.3 Å². The molecule has 1 unspecified atom stereocenters. The maximum absolute atomic E-state index is 12.0. The summed E-state index contributed by atoms with van der Waals surface area (Å²) < 4.78 is 11.2. The first kappa shape index (κ1) is 20.3. The number of hydrogen-bond donors (Lipinski definition) is 2. The van der Waals surface area contributed by atoms with E-state index in [4.69, 9.17) is 14.6 Å². The molecule has 0 aromatic heterocycles. The number of ether oxygens (including phenoxy) is 2. The van der Waals surface area contributed by atoms with E-state index >= 15 is 0 Å². The molecule has 27 heavy (non-hydrogen) atoms. The van der Waals surface area contributed by atoms with E-state index in [9.17, 15) is 9.59 Å². The molecule has 0 bridgehead atoms. The summed E-state index contributed by atoms with van der Waals surface area (Å²) in [5.74, 6) is -0.206. The molecule has 2 rings (SSSR count). The lowest BCUT2D eigenvalue weighted by Crippen LogP contribution is -2.13. The molecule has 2 aromatic rings. The minimum absolute atomic E-state index is 0.115. The third kappa shape index (κ3) is 6.33. The molecule has 0 fully saturated rings. The van der Waals surface area contributed by atoms with E-state index in [1.807, 2.05) is 31.2 Å². The van der Waals surface area contributed by atoms with E-state index in [1.54, 1.807) is 31.2 Å². The van der Waals surface area contributed by atoms with Crippen LogP contribution in [-0.4, -0.2) is 30.2 Å². The smallest absolute Gasteiger partial charge is 0.310 e. The van der Waals surface area contributed by atoms with Crippen molar-refractivity contribution < 1.29 is 24.2 Å². The van der Waals surface area contributed by atoms with Gasteiger partial charge in [-0.2, -0.15) is 0 Å². The van der Waals surface area contributed by atoms with Gasteiger partial charge in [0.25, 0.3) is 0 Å². The number of anilines is 1. The molecule has 6 nitrogen and oxygen atoms in total. The van der Waals surface area contributed by atoms with Crippen molar-refractivity contribution in [1.82, 2.24) is 0 Å². The van der Waals surface area contributed by atoms with Crippen LogP contribution in [0.25, 0.3) is 0 Å². The van der Waals surface area contributed by atoms with Gasteiger partial charge in [0.1, 0.15) is 0 Å². The van der Waals surface area contributed by atoms with Crippen LogP contribution in [0.5, 0.6) is 11.5 Å². The molecular formula is C21H25NO5. The maximum atomic E-state index is 12.0. The van der Waals surface area contributed by atoms with Crippen molar-refractivity contribution >= 4 is 17.6 Å². The molecular weight excluding hydrogens is 346 g/mol. The number of para-hydroxylation sites is 2. The van der Waals surface area contributed by atoms with Gasteiger partial charge in [0.15, 0.2) is 11.5 Å². The minimum atomic E-state index is -0.877. The van der Waals surface area contributed by atoms with Crippen molar-refractivity contribution in [3.05, 3.63) is 54.1 Å². The lowest BCUT2D eigenvalue weighted by Gasteiger charge is -2.11. The molecule has 0 saturated heterocycles. The Balaban J connectivity index is 1.76. The number of amides is 1. The summed E-state index contributed by atoms with van der Waals surface area (Å²) in [6.45, 7) is 4.51. The highest BCUT2D eigenvalue weighted by Gasteiger charge is 2.13. The van der Waals surface area contributed by atoms with Gasteiger partial charge in [0.05, 0.1) is 19.1 Å². The lowest BCUT2D eigenvalue weighted by molar-refractivity contribution is -0.138. The second kappa shape index (κ2) is 10.2. The van der Waals surface area contributed by atoms with Crippen molar-refractivity contribution in [2.45, 2.75) is 32.6 Å². The Morgan fingerprint density at radius 3 is 2.26 bits per heavy atom. The Kier molecular flexibility index (Phi) is 7.67. The second-order valence-electron chi connectivity index (χ2n) is 6.06. The quantitative estimate of drug-likeness (QED) is 0.615. The molecule has 0 spiro atoms. The molecule has 144 valence electrons. The molecule has 1 amide bonds. The molecule has 2 N–H and O–H groups in total. The molecule has 0 heterocycles. The van der Waals surface area contributed by atoms with E-state index in [0.29, 0.717) is 48.8 Å². The monoisotopic (exact) mass is 371 g/mol. The average molecular weight is 371 g/mol. The molecule has 0 aliphatic rings. The Hall–Kier alpha value is -3.02. The van der Waals surface area contributed by atoms with Gasteiger partial charge in [0.2, 0.25) is 5.91 Å². The number of carboxylic acid groups (broad SMARTS) is 1. The van der Waals surface area contributed by atoms with Gasteiger partial charge in [-0.15, -0.1) is 0 Å². The highest BCUT2D eigenvalue weighted by molar-refractivity contribution is 5.90. The van der Waals surface area contributed by atoms with Crippen LogP contribution in [-0.2, 0) is 9.59 Å². The number of hydrogen-bond acceptors (Lipinski definition) is 4. The fourth-order valence-corrected chi connectivity index (χ4v) is 2.48. The highest BCUT2D eigenvalue weighted by atomic mass is 16.5.